The lowest BCUT2D eigenvalue weighted by molar-refractivity contribution is -0.135. The van der Waals surface area contributed by atoms with Gasteiger partial charge in [-0.1, -0.05) is 6.07 Å². The number of rotatable bonds is 5. The molecule has 0 atom stereocenters. The van der Waals surface area contributed by atoms with E-state index in [0.717, 1.165) is 17.7 Å². The average Bonchev–Trinajstić information content (AvgIpc) is 3.00. The first-order valence-electron chi connectivity index (χ1n) is 5.45. The van der Waals surface area contributed by atoms with Crippen molar-refractivity contribution in [2.75, 3.05) is 6.54 Å². The first-order chi connectivity index (χ1) is 8.16. The molecule has 0 saturated heterocycles. The fourth-order valence-electron chi connectivity index (χ4n) is 1.58. The quantitative estimate of drug-likeness (QED) is 0.836. The summed E-state index contributed by atoms with van der Waals surface area (Å²) in [5.74, 6) is -1.02. The minimum atomic E-state index is -1.02. The minimum Gasteiger partial charge on any atom is -0.480 e. The van der Waals surface area contributed by atoms with Gasteiger partial charge in [-0.25, -0.2) is 4.79 Å². The number of carbonyl (C=O) groups is 2. The predicted molar refractivity (Wildman–Crippen MR) is 63.9 cm³/mol. The van der Waals surface area contributed by atoms with Crippen LogP contribution in [0.4, 0.5) is 4.79 Å². The van der Waals surface area contributed by atoms with Gasteiger partial charge in [-0.15, -0.1) is 11.3 Å². The van der Waals surface area contributed by atoms with Gasteiger partial charge in [0.2, 0.25) is 0 Å². The molecule has 1 saturated carbocycles. The Labute approximate surface area is 103 Å². The second-order valence-corrected chi connectivity index (χ2v) is 5.02. The highest BCUT2D eigenvalue weighted by molar-refractivity contribution is 7.09. The first-order valence-corrected chi connectivity index (χ1v) is 6.33. The molecule has 5 nitrogen and oxygen atoms in total. The number of carbonyl (C=O) groups excluding carboxylic acids is 1. The maximum absolute atomic E-state index is 11.8. The summed E-state index contributed by atoms with van der Waals surface area (Å²) in [6.07, 6.45) is 2.01. The summed E-state index contributed by atoms with van der Waals surface area (Å²) in [4.78, 5) is 25.0. The Bertz CT molecular complexity index is 401. The van der Waals surface area contributed by atoms with E-state index < -0.39 is 5.97 Å². The van der Waals surface area contributed by atoms with Crippen molar-refractivity contribution in [1.82, 2.24) is 10.2 Å². The number of amides is 2. The molecule has 0 aromatic carbocycles. The normalized spacial score (nSPS) is 14.4. The fraction of sp³-hybridized carbons (Fsp3) is 0.455. The molecule has 1 aromatic rings. The average molecular weight is 254 g/mol. The van der Waals surface area contributed by atoms with Gasteiger partial charge in [-0.05, 0) is 24.3 Å². The highest BCUT2D eigenvalue weighted by atomic mass is 32.1. The van der Waals surface area contributed by atoms with Crippen molar-refractivity contribution in [2.24, 2.45) is 0 Å². The van der Waals surface area contributed by atoms with Gasteiger partial charge >= 0.3 is 12.0 Å². The van der Waals surface area contributed by atoms with Crippen LogP contribution in [0.1, 0.15) is 17.7 Å². The molecule has 2 N–H and O–H groups in total. The summed E-state index contributed by atoms with van der Waals surface area (Å²) in [5.41, 5.74) is 0. The van der Waals surface area contributed by atoms with E-state index in [1.165, 1.54) is 0 Å². The van der Waals surface area contributed by atoms with Crippen LogP contribution in [0.5, 0.6) is 0 Å². The molecule has 1 aromatic heterocycles. The number of aliphatic carboxylic acids is 1. The largest absolute Gasteiger partial charge is 0.480 e. The molecule has 1 aliphatic carbocycles. The van der Waals surface area contributed by atoms with Crippen LogP contribution in [0.25, 0.3) is 0 Å². The van der Waals surface area contributed by atoms with Crippen LogP contribution in [0.2, 0.25) is 0 Å². The summed E-state index contributed by atoms with van der Waals surface area (Å²) >= 11 is 1.60. The SMILES string of the molecule is O=C(O)CNC(=O)N(Cc1cccs1)C1CC1. The van der Waals surface area contributed by atoms with Crippen LogP contribution in [-0.4, -0.2) is 34.6 Å². The fourth-order valence-corrected chi connectivity index (χ4v) is 2.28. The molecule has 0 spiro atoms. The number of thiophene rings is 1. The number of carboxylic acid groups (broad SMARTS) is 1. The maximum Gasteiger partial charge on any atom is 0.323 e. The Balaban J connectivity index is 1.92. The van der Waals surface area contributed by atoms with Crippen molar-refractivity contribution in [3.8, 4) is 0 Å². The molecule has 6 heteroatoms. The van der Waals surface area contributed by atoms with E-state index in [-0.39, 0.29) is 18.6 Å². The lowest BCUT2D eigenvalue weighted by Crippen LogP contribution is -2.42. The molecular formula is C11H14N2O3S. The number of urea groups is 1. The molecule has 92 valence electrons. The summed E-state index contributed by atoms with van der Waals surface area (Å²) in [6, 6.07) is 3.90. The Kier molecular flexibility index (Phi) is 3.63. The molecule has 0 bridgehead atoms. The van der Waals surface area contributed by atoms with Gasteiger partial charge in [0.15, 0.2) is 0 Å². The smallest absolute Gasteiger partial charge is 0.323 e. The van der Waals surface area contributed by atoms with E-state index in [1.54, 1.807) is 16.2 Å². The standard InChI is InChI=1S/C11H14N2O3S/c14-10(15)6-12-11(16)13(8-3-4-8)7-9-2-1-5-17-9/h1-2,5,8H,3-4,6-7H2,(H,12,16)(H,14,15). The molecule has 0 radical (unpaired) electrons. The third-order valence-electron chi connectivity index (χ3n) is 2.55. The molecule has 1 fully saturated rings. The Hall–Kier alpha value is -1.56. The van der Waals surface area contributed by atoms with Crippen molar-refractivity contribution in [1.29, 1.82) is 0 Å². The predicted octanol–water partition coefficient (Wildman–Crippen LogP) is 1.51. The second-order valence-electron chi connectivity index (χ2n) is 3.99. The number of hydrogen-bond acceptors (Lipinski definition) is 3. The van der Waals surface area contributed by atoms with E-state index in [0.29, 0.717) is 6.54 Å². The van der Waals surface area contributed by atoms with Crippen LogP contribution >= 0.6 is 11.3 Å². The van der Waals surface area contributed by atoms with Gasteiger partial charge < -0.3 is 15.3 Å². The zero-order valence-electron chi connectivity index (χ0n) is 9.26. The second kappa shape index (κ2) is 5.18. The molecular weight excluding hydrogens is 240 g/mol. The van der Waals surface area contributed by atoms with Crippen LogP contribution in [0.3, 0.4) is 0 Å². The summed E-state index contributed by atoms with van der Waals surface area (Å²) in [6.45, 7) is 0.236. The van der Waals surface area contributed by atoms with Gasteiger partial charge in [0.05, 0.1) is 6.54 Å². The van der Waals surface area contributed by atoms with E-state index in [9.17, 15) is 9.59 Å². The lowest BCUT2D eigenvalue weighted by Gasteiger charge is -2.21. The number of nitrogens with one attached hydrogen (secondary N) is 1. The summed E-state index contributed by atoms with van der Waals surface area (Å²) in [5, 5.41) is 12.9. The minimum absolute atomic E-state index is 0.269. The number of hydrogen-bond donors (Lipinski definition) is 2. The van der Waals surface area contributed by atoms with Crippen molar-refractivity contribution < 1.29 is 14.7 Å². The molecule has 17 heavy (non-hydrogen) atoms. The van der Waals surface area contributed by atoms with E-state index in [4.69, 9.17) is 5.11 Å². The van der Waals surface area contributed by atoms with Gasteiger partial charge in [-0.3, -0.25) is 4.79 Å². The highest BCUT2D eigenvalue weighted by Gasteiger charge is 2.32. The van der Waals surface area contributed by atoms with Crippen LogP contribution in [-0.2, 0) is 11.3 Å². The van der Waals surface area contributed by atoms with Gasteiger partial charge in [-0.2, -0.15) is 0 Å². The molecule has 1 heterocycles. The van der Waals surface area contributed by atoms with Gasteiger partial charge in [0.25, 0.3) is 0 Å². The van der Waals surface area contributed by atoms with Gasteiger partial charge in [0, 0.05) is 10.9 Å². The van der Waals surface area contributed by atoms with Crippen molar-refractivity contribution in [3.63, 3.8) is 0 Å². The van der Waals surface area contributed by atoms with Crippen LogP contribution in [0, 0.1) is 0 Å². The molecule has 0 aliphatic heterocycles. The number of nitrogens with zero attached hydrogens (tertiary/aromatic N) is 1. The molecule has 2 amide bonds. The molecule has 2 rings (SSSR count). The van der Waals surface area contributed by atoms with Crippen LogP contribution < -0.4 is 5.32 Å². The monoisotopic (exact) mass is 254 g/mol. The topological polar surface area (TPSA) is 69.6 Å². The first kappa shape index (κ1) is 11.9. The Morgan fingerprint density at radius 1 is 1.53 bits per heavy atom. The Morgan fingerprint density at radius 3 is 2.82 bits per heavy atom. The van der Waals surface area contributed by atoms with Crippen LogP contribution in [0.15, 0.2) is 17.5 Å². The third kappa shape index (κ3) is 3.45. The third-order valence-corrected chi connectivity index (χ3v) is 3.41. The highest BCUT2D eigenvalue weighted by Crippen LogP contribution is 2.29. The zero-order valence-corrected chi connectivity index (χ0v) is 10.1. The summed E-state index contributed by atoms with van der Waals surface area (Å²) < 4.78 is 0. The zero-order chi connectivity index (χ0) is 12.3. The Morgan fingerprint density at radius 2 is 2.29 bits per heavy atom. The molecule has 1 aliphatic rings. The van der Waals surface area contributed by atoms with Gasteiger partial charge in [0.1, 0.15) is 6.54 Å². The van der Waals surface area contributed by atoms with Crippen molar-refractivity contribution >= 4 is 23.3 Å². The van der Waals surface area contributed by atoms with E-state index >= 15 is 0 Å². The lowest BCUT2D eigenvalue weighted by atomic mass is 10.4. The van der Waals surface area contributed by atoms with Crippen molar-refractivity contribution in [2.45, 2.75) is 25.4 Å². The van der Waals surface area contributed by atoms with E-state index in [2.05, 4.69) is 5.32 Å². The number of carboxylic acids is 1. The van der Waals surface area contributed by atoms with Crippen molar-refractivity contribution in [3.05, 3.63) is 22.4 Å². The summed E-state index contributed by atoms with van der Waals surface area (Å²) in [7, 11) is 0. The van der Waals surface area contributed by atoms with E-state index in [1.807, 2.05) is 17.5 Å². The maximum atomic E-state index is 11.8. The molecule has 0 unspecified atom stereocenters.